The third-order valence-electron chi connectivity index (χ3n) is 3.06. The third kappa shape index (κ3) is 5.06. The first-order valence-electron chi connectivity index (χ1n) is 6.50. The lowest BCUT2D eigenvalue weighted by Gasteiger charge is -2.29. The number of carbonyl (C=O) groups excluding carboxylic acids is 1. The fraction of sp³-hybridized carbons (Fsp3) is 0.818. The van der Waals surface area contributed by atoms with Gasteiger partial charge in [0, 0.05) is 19.6 Å². The Morgan fingerprint density at radius 3 is 2.45 bits per heavy atom. The maximum atomic E-state index is 11.9. The van der Waals surface area contributed by atoms with Gasteiger partial charge in [-0.1, -0.05) is 0 Å². The van der Waals surface area contributed by atoms with Crippen molar-refractivity contribution in [1.82, 2.24) is 9.03 Å². The molecule has 0 bridgehead atoms. The number of carbonyl (C=O) groups is 2. The SMILES string of the molecule is CCOC(=O)CCNS(=O)(=O)N1CCC(C(=O)O)CC1. The zero-order valence-corrected chi connectivity index (χ0v) is 12.2. The molecule has 1 rings (SSSR count). The summed E-state index contributed by atoms with van der Waals surface area (Å²) in [5.41, 5.74) is 0. The molecule has 20 heavy (non-hydrogen) atoms. The van der Waals surface area contributed by atoms with Crippen LogP contribution in [0, 0.1) is 5.92 Å². The van der Waals surface area contributed by atoms with Gasteiger partial charge in [-0.2, -0.15) is 12.7 Å². The van der Waals surface area contributed by atoms with Crippen LogP contribution in [0.15, 0.2) is 0 Å². The number of hydrogen-bond donors (Lipinski definition) is 2. The predicted octanol–water partition coefficient (Wildman–Crippen LogP) is -0.429. The lowest BCUT2D eigenvalue weighted by atomic mass is 9.99. The van der Waals surface area contributed by atoms with Gasteiger partial charge in [-0.25, -0.2) is 4.72 Å². The first kappa shape index (κ1) is 16.9. The topological polar surface area (TPSA) is 113 Å². The van der Waals surface area contributed by atoms with Crippen molar-refractivity contribution in [3.63, 3.8) is 0 Å². The maximum Gasteiger partial charge on any atom is 0.307 e. The van der Waals surface area contributed by atoms with Crippen molar-refractivity contribution in [1.29, 1.82) is 0 Å². The van der Waals surface area contributed by atoms with Gasteiger partial charge in [0.2, 0.25) is 0 Å². The first-order valence-corrected chi connectivity index (χ1v) is 7.94. The van der Waals surface area contributed by atoms with E-state index in [2.05, 4.69) is 9.46 Å². The van der Waals surface area contributed by atoms with Gasteiger partial charge < -0.3 is 9.84 Å². The van der Waals surface area contributed by atoms with Crippen LogP contribution in [0.4, 0.5) is 0 Å². The number of esters is 1. The molecule has 0 atom stereocenters. The van der Waals surface area contributed by atoms with Crippen molar-refractivity contribution in [2.75, 3.05) is 26.2 Å². The minimum absolute atomic E-state index is 0.0278. The number of nitrogens with zero attached hydrogens (tertiary/aromatic N) is 1. The Bertz CT molecular complexity index is 442. The Kier molecular flexibility index (Phi) is 6.37. The van der Waals surface area contributed by atoms with E-state index >= 15 is 0 Å². The molecule has 1 saturated heterocycles. The van der Waals surface area contributed by atoms with Crippen LogP contribution in [0.3, 0.4) is 0 Å². The molecule has 2 N–H and O–H groups in total. The molecule has 0 amide bonds. The summed E-state index contributed by atoms with van der Waals surface area (Å²) in [6, 6.07) is 0. The Labute approximate surface area is 118 Å². The van der Waals surface area contributed by atoms with E-state index in [4.69, 9.17) is 5.11 Å². The van der Waals surface area contributed by atoms with Gasteiger partial charge in [0.05, 0.1) is 18.9 Å². The Hall–Kier alpha value is -1.19. The molecule has 0 aliphatic carbocycles. The second-order valence-corrected chi connectivity index (χ2v) is 6.22. The summed E-state index contributed by atoms with van der Waals surface area (Å²) in [4.78, 5) is 21.9. The first-order chi connectivity index (χ1) is 9.36. The number of rotatable bonds is 7. The van der Waals surface area contributed by atoms with Gasteiger partial charge in [-0.3, -0.25) is 9.59 Å². The molecule has 1 fully saturated rings. The molecule has 0 unspecified atom stereocenters. The van der Waals surface area contributed by atoms with Gasteiger partial charge >= 0.3 is 11.9 Å². The van der Waals surface area contributed by atoms with Crippen LogP contribution in [-0.2, 0) is 24.5 Å². The Balaban J connectivity index is 2.38. The summed E-state index contributed by atoms with van der Waals surface area (Å²) >= 11 is 0. The molecule has 0 spiro atoms. The molecule has 1 heterocycles. The van der Waals surface area contributed by atoms with Crippen LogP contribution < -0.4 is 4.72 Å². The van der Waals surface area contributed by atoms with E-state index in [9.17, 15) is 18.0 Å². The van der Waals surface area contributed by atoms with E-state index in [0.29, 0.717) is 12.8 Å². The molecular weight excluding hydrogens is 288 g/mol. The molecule has 116 valence electrons. The van der Waals surface area contributed by atoms with Crippen molar-refractivity contribution in [3.05, 3.63) is 0 Å². The molecular formula is C11H20N2O6S. The van der Waals surface area contributed by atoms with E-state index in [1.165, 1.54) is 4.31 Å². The number of nitrogens with one attached hydrogen (secondary N) is 1. The summed E-state index contributed by atoms with van der Waals surface area (Å²) in [6.45, 7) is 2.25. The number of piperidine rings is 1. The lowest BCUT2D eigenvalue weighted by molar-refractivity contribution is -0.143. The average Bonchev–Trinajstić information content (AvgIpc) is 2.39. The maximum absolute atomic E-state index is 11.9. The summed E-state index contributed by atoms with van der Waals surface area (Å²) in [5, 5.41) is 8.85. The fourth-order valence-electron chi connectivity index (χ4n) is 1.95. The number of hydrogen-bond acceptors (Lipinski definition) is 5. The second kappa shape index (κ2) is 7.55. The van der Waals surface area contributed by atoms with Crippen molar-refractivity contribution in [2.45, 2.75) is 26.2 Å². The molecule has 0 aromatic heterocycles. The van der Waals surface area contributed by atoms with E-state index < -0.39 is 28.1 Å². The minimum Gasteiger partial charge on any atom is -0.481 e. The summed E-state index contributed by atoms with van der Waals surface area (Å²) < 4.78 is 32.0. The second-order valence-electron chi connectivity index (χ2n) is 4.47. The molecule has 8 nitrogen and oxygen atoms in total. The van der Waals surface area contributed by atoms with Crippen LogP contribution >= 0.6 is 0 Å². The van der Waals surface area contributed by atoms with Crippen LogP contribution in [0.25, 0.3) is 0 Å². The number of ether oxygens (including phenoxy) is 1. The van der Waals surface area contributed by atoms with E-state index in [1.54, 1.807) is 6.92 Å². The van der Waals surface area contributed by atoms with Crippen molar-refractivity contribution in [3.8, 4) is 0 Å². The highest BCUT2D eigenvalue weighted by atomic mass is 32.2. The monoisotopic (exact) mass is 308 g/mol. The van der Waals surface area contributed by atoms with E-state index in [-0.39, 0.29) is 32.7 Å². The molecule has 0 aromatic carbocycles. The summed E-state index contributed by atoms with van der Waals surface area (Å²) in [6.07, 6.45) is 0.570. The van der Waals surface area contributed by atoms with Crippen molar-refractivity contribution >= 4 is 22.1 Å². The van der Waals surface area contributed by atoms with Gasteiger partial charge in [-0.15, -0.1) is 0 Å². The van der Waals surface area contributed by atoms with Gasteiger partial charge in [0.15, 0.2) is 0 Å². The van der Waals surface area contributed by atoms with Crippen LogP contribution in [-0.4, -0.2) is 56.0 Å². The minimum atomic E-state index is -3.66. The fourth-order valence-corrected chi connectivity index (χ4v) is 3.18. The largest absolute Gasteiger partial charge is 0.481 e. The molecule has 0 radical (unpaired) electrons. The zero-order chi connectivity index (χ0) is 15.2. The average molecular weight is 308 g/mol. The van der Waals surface area contributed by atoms with Gasteiger partial charge in [0.1, 0.15) is 0 Å². The lowest BCUT2D eigenvalue weighted by Crippen LogP contribution is -2.46. The van der Waals surface area contributed by atoms with E-state index in [1.807, 2.05) is 0 Å². The number of carboxylic acids is 1. The van der Waals surface area contributed by atoms with Crippen molar-refractivity contribution in [2.24, 2.45) is 5.92 Å². The highest BCUT2D eigenvalue weighted by Crippen LogP contribution is 2.18. The molecule has 1 aliphatic rings. The highest BCUT2D eigenvalue weighted by molar-refractivity contribution is 7.87. The Morgan fingerprint density at radius 1 is 1.35 bits per heavy atom. The van der Waals surface area contributed by atoms with Crippen LogP contribution in [0.1, 0.15) is 26.2 Å². The van der Waals surface area contributed by atoms with E-state index in [0.717, 1.165) is 0 Å². The summed E-state index contributed by atoms with van der Waals surface area (Å²) in [7, 11) is -3.66. The number of aliphatic carboxylic acids is 1. The zero-order valence-electron chi connectivity index (χ0n) is 11.4. The van der Waals surface area contributed by atoms with Gasteiger partial charge in [0.25, 0.3) is 10.2 Å². The molecule has 1 aliphatic heterocycles. The smallest absolute Gasteiger partial charge is 0.307 e. The normalized spacial score (nSPS) is 17.9. The number of carboxylic acid groups (broad SMARTS) is 1. The molecule has 0 aromatic rings. The molecule has 9 heteroatoms. The highest BCUT2D eigenvalue weighted by Gasteiger charge is 2.30. The Morgan fingerprint density at radius 2 is 1.95 bits per heavy atom. The van der Waals surface area contributed by atoms with Crippen LogP contribution in [0.5, 0.6) is 0 Å². The summed E-state index contributed by atoms with van der Waals surface area (Å²) in [5.74, 6) is -1.84. The predicted molar refractivity (Wildman–Crippen MR) is 70.1 cm³/mol. The van der Waals surface area contributed by atoms with Gasteiger partial charge in [-0.05, 0) is 19.8 Å². The van der Waals surface area contributed by atoms with Crippen LogP contribution in [0.2, 0.25) is 0 Å². The van der Waals surface area contributed by atoms with Crippen molar-refractivity contribution < 1.29 is 27.9 Å². The quantitative estimate of drug-likeness (QED) is 0.617. The third-order valence-corrected chi connectivity index (χ3v) is 4.68. The standard InChI is InChI=1S/C11H20N2O6S/c1-2-19-10(14)3-6-12-20(17,18)13-7-4-9(5-8-13)11(15)16/h9,12H,2-8H2,1H3,(H,15,16). The molecule has 0 saturated carbocycles.